The van der Waals surface area contributed by atoms with Crippen LogP contribution >= 0.6 is 0 Å². The van der Waals surface area contributed by atoms with E-state index >= 15 is 0 Å². The Bertz CT molecular complexity index is 1330. The molecule has 1 N–H and O–H groups in total. The van der Waals surface area contributed by atoms with E-state index in [-0.39, 0.29) is 30.7 Å². The zero-order chi connectivity index (χ0) is 23.2. The largest absolute Gasteiger partial charge is 0.481 e. The molecule has 3 aromatic carbocycles. The number of Topliss-reactive ketones (excluding diaryl/α,β-unsaturated/α-hetero) is 1. The lowest BCUT2D eigenvalue weighted by Crippen LogP contribution is -2.30. The van der Waals surface area contributed by atoms with E-state index < -0.39 is 11.9 Å². The lowest BCUT2D eigenvalue weighted by Gasteiger charge is -2.12. The van der Waals surface area contributed by atoms with Crippen LogP contribution < -0.4 is 5.56 Å². The predicted molar refractivity (Wildman–Crippen MR) is 125 cm³/mol. The van der Waals surface area contributed by atoms with Crippen LogP contribution in [0.2, 0.25) is 0 Å². The molecule has 0 aliphatic rings. The molecule has 0 radical (unpaired) electrons. The summed E-state index contributed by atoms with van der Waals surface area (Å²) in [7, 11) is 0. The monoisotopic (exact) mass is 441 g/mol. The zero-order valence-corrected chi connectivity index (χ0v) is 17.9. The lowest BCUT2D eigenvalue weighted by molar-refractivity contribution is -0.146. The number of hydrogen-bond acceptors (Lipinski definition) is 5. The number of nitrogens with zero attached hydrogens (tertiary/aromatic N) is 3. The van der Waals surface area contributed by atoms with Gasteiger partial charge in [0.05, 0.1) is 5.39 Å². The maximum absolute atomic E-state index is 12.7. The van der Waals surface area contributed by atoms with Gasteiger partial charge in [-0.2, -0.15) is 0 Å². The molecular weight excluding hydrogens is 418 g/mol. The number of carboxylic acids is 1. The van der Waals surface area contributed by atoms with Crippen molar-refractivity contribution in [3.63, 3.8) is 0 Å². The minimum Gasteiger partial charge on any atom is -0.481 e. The average molecular weight is 441 g/mol. The maximum Gasteiger partial charge on any atom is 0.314 e. The van der Waals surface area contributed by atoms with Crippen LogP contribution in [-0.4, -0.2) is 31.9 Å². The topological polar surface area (TPSA) is 102 Å². The number of aromatic nitrogens is 3. The van der Waals surface area contributed by atoms with Crippen LogP contribution in [0, 0.1) is 5.92 Å². The van der Waals surface area contributed by atoms with E-state index in [0.29, 0.717) is 17.3 Å². The number of carbonyl (C=O) groups is 2. The van der Waals surface area contributed by atoms with Crippen LogP contribution in [0.15, 0.2) is 83.7 Å². The van der Waals surface area contributed by atoms with E-state index in [0.717, 1.165) is 21.4 Å². The first-order valence-electron chi connectivity index (χ1n) is 10.8. The molecule has 33 heavy (non-hydrogen) atoms. The summed E-state index contributed by atoms with van der Waals surface area (Å²) in [6.45, 7) is 0.00511. The summed E-state index contributed by atoms with van der Waals surface area (Å²) in [5.41, 5.74) is 3.27. The molecule has 0 saturated carbocycles. The molecule has 1 aromatic heterocycles. The molecule has 4 aromatic rings. The Labute approximate surface area is 190 Å². The molecule has 166 valence electrons. The van der Waals surface area contributed by atoms with Gasteiger partial charge in [0.15, 0.2) is 0 Å². The van der Waals surface area contributed by atoms with Crippen LogP contribution in [0.4, 0.5) is 0 Å². The number of carbonyl (C=O) groups excluding carboxylic acids is 1. The first-order chi connectivity index (χ1) is 16.0. The fraction of sp³-hybridized carbons (Fsp3) is 0.192. The Morgan fingerprint density at radius 2 is 1.55 bits per heavy atom. The maximum atomic E-state index is 12.7. The van der Waals surface area contributed by atoms with Crippen molar-refractivity contribution in [3.05, 3.63) is 94.8 Å². The number of aliphatic carboxylic acids is 1. The summed E-state index contributed by atoms with van der Waals surface area (Å²) >= 11 is 0. The Morgan fingerprint density at radius 3 is 2.27 bits per heavy atom. The third kappa shape index (κ3) is 5.20. The molecule has 0 amide bonds. The Balaban J connectivity index is 1.38. The highest BCUT2D eigenvalue weighted by atomic mass is 16.4. The van der Waals surface area contributed by atoms with E-state index in [1.165, 1.54) is 0 Å². The van der Waals surface area contributed by atoms with Crippen LogP contribution in [0.1, 0.15) is 18.4 Å². The van der Waals surface area contributed by atoms with E-state index in [4.69, 9.17) is 0 Å². The van der Waals surface area contributed by atoms with E-state index in [1.54, 1.807) is 24.3 Å². The Kier molecular flexibility index (Phi) is 6.69. The third-order valence-corrected chi connectivity index (χ3v) is 5.67. The zero-order valence-electron chi connectivity index (χ0n) is 17.9. The minimum absolute atomic E-state index is 0.00511. The Morgan fingerprint density at radius 1 is 0.879 bits per heavy atom. The van der Waals surface area contributed by atoms with Crippen molar-refractivity contribution in [3.8, 4) is 11.1 Å². The second-order valence-corrected chi connectivity index (χ2v) is 7.84. The number of benzene rings is 3. The lowest BCUT2D eigenvalue weighted by atomic mass is 9.94. The summed E-state index contributed by atoms with van der Waals surface area (Å²) in [6, 6.07) is 24.7. The van der Waals surface area contributed by atoms with Crippen molar-refractivity contribution in [2.75, 3.05) is 0 Å². The van der Waals surface area contributed by atoms with Crippen molar-refractivity contribution < 1.29 is 14.7 Å². The summed E-state index contributed by atoms with van der Waals surface area (Å²) < 4.78 is 1.12. The van der Waals surface area contributed by atoms with E-state index in [9.17, 15) is 19.5 Å². The highest BCUT2D eigenvalue weighted by molar-refractivity contribution is 5.98. The Hall–Kier alpha value is -4.13. The molecule has 1 unspecified atom stereocenters. The van der Waals surface area contributed by atoms with Gasteiger partial charge in [-0.05, 0) is 41.7 Å². The summed E-state index contributed by atoms with van der Waals surface area (Å²) in [5.74, 6) is -2.76. The van der Waals surface area contributed by atoms with Crippen molar-refractivity contribution >= 4 is 22.7 Å². The van der Waals surface area contributed by atoms with Crippen LogP contribution in [0.25, 0.3) is 22.0 Å². The molecular formula is C26H23N3O4. The van der Waals surface area contributed by atoms with Gasteiger partial charge in [-0.1, -0.05) is 71.9 Å². The molecule has 0 bridgehead atoms. The van der Waals surface area contributed by atoms with Crippen molar-refractivity contribution in [2.24, 2.45) is 5.92 Å². The molecule has 0 saturated heterocycles. The van der Waals surface area contributed by atoms with Gasteiger partial charge in [0.1, 0.15) is 17.2 Å². The molecule has 7 heteroatoms. The van der Waals surface area contributed by atoms with Gasteiger partial charge in [0.2, 0.25) is 0 Å². The fourth-order valence-electron chi connectivity index (χ4n) is 3.78. The number of hydrogen-bond donors (Lipinski definition) is 1. The molecule has 1 heterocycles. The van der Waals surface area contributed by atoms with Gasteiger partial charge in [0, 0.05) is 13.0 Å². The molecule has 7 nitrogen and oxygen atoms in total. The van der Waals surface area contributed by atoms with Gasteiger partial charge < -0.3 is 5.11 Å². The highest BCUT2D eigenvalue weighted by Crippen LogP contribution is 2.20. The van der Waals surface area contributed by atoms with Gasteiger partial charge in [-0.3, -0.25) is 14.4 Å². The first kappa shape index (κ1) is 22.1. The second-order valence-electron chi connectivity index (χ2n) is 7.84. The van der Waals surface area contributed by atoms with Crippen LogP contribution in [0.3, 0.4) is 0 Å². The highest BCUT2D eigenvalue weighted by Gasteiger charge is 2.26. The summed E-state index contributed by atoms with van der Waals surface area (Å²) in [4.78, 5) is 36.9. The van der Waals surface area contributed by atoms with Gasteiger partial charge in [0.25, 0.3) is 5.56 Å². The normalized spacial score (nSPS) is 11.9. The van der Waals surface area contributed by atoms with E-state index in [1.807, 2.05) is 54.6 Å². The van der Waals surface area contributed by atoms with Gasteiger partial charge in [-0.25, -0.2) is 4.68 Å². The van der Waals surface area contributed by atoms with E-state index in [2.05, 4.69) is 10.3 Å². The fourth-order valence-corrected chi connectivity index (χ4v) is 3.78. The number of rotatable bonds is 9. The second kappa shape index (κ2) is 9.99. The minimum atomic E-state index is -1.20. The number of ketones is 1. The standard InChI is InChI=1S/C26H23N3O4/c30-24(15-12-18-10-13-20(14-11-18)19-6-2-1-3-7-19)22(26(32)33)16-17-29-25(31)21-8-4-5-9-23(21)27-28-29/h1-11,13-14,22H,12,15-17H2,(H,32,33). The number of carboxylic acid groups (broad SMARTS) is 1. The first-order valence-corrected chi connectivity index (χ1v) is 10.8. The van der Waals surface area contributed by atoms with Crippen molar-refractivity contribution in [2.45, 2.75) is 25.8 Å². The molecule has 0 spiro atoms. The van der Waals surface area contributed by atoms with Crippen molar-refractivity contribution in [1.29, 1.82) is 0 Å². The van der Waals surface area contributed by atoms with Crippen LogP contribution in [0.5, 0.6) is 0 Å². The SMILES string of the molecule is O=C(O)C(CCn1nnc2ccccc2c1=O)C(=O)CCc1ccc(-c2ccccc2)cc1. The number of fused-ring (bicyclic) bond motifs is 1. The smallest absolute Gasteiger partial charge is 0.314 e. The van der Waals surface area contributed by atoms with Crippen LogP contribution in [-0.2, 0) is 22.6 Å². The summed E-state index contributed by atoms with van der Waals surface area (Å²) in [5, 5.41) is 17.9. The number of aryl methyl sites for hydroxylation is 2. The quantitative estimate of drug-likeness (QED) is 0.397. The average Bonchev–Trinajstić information content (AvgIpc) is 2.85. The molecule has 0 aliphatic heterocycles. The van der Waals surface area contributed by atoms with Crippen molar-refractivity contribution in [1.82, 2.24) is 15.0 Å². The third-order valence-electron chi connectivity index (χ3n) is 5.67. The summed E-state index contributed by atoms with van der Waals surface area (Å²) in [6.07, 6.45) is 0.543. The predicted octanol–water partition coefficient (Wildman–Crippen LogP) is 3.75. The van der Waals surface area contributed by atoms with Gasteiger partial charge >= 0.3 is 5.97 Å². The molecule has 1 atom stereocenters. The molecule has 0 fully saturated rings. The van der Waals surface area contributed by atoms with Gasteiger partial charge in [-0.15, -0.1) is 5.10 Å². The molecule has 4 rings (SSSR count). The molecule has 0 aliphatic carbocycles.